The van der Waals surface area contributed by atoms with Gasteiger partial charge in [0.2, 0.25) is 11.8 Å². The maximum absolute atomic E-state index is 12.7. The maximum Gasteiger partial charge on any atom is 0.326 e. The van der Waals surface area contributed by atoms with Crippen LogP contribution in [0.15, 0.2) is 4.99 Å². The van der Waals surface area contributed by atoms with Crippen molar-refractivity contribution < 1.29 is 19.5 Å². The van der Waals surface area contributed by atoms with E-state index in [1.54, 1.807) is 0 Å². The fourth-order valence-electron chi connectivity index (χ4n) is 2.49. The van der Waals surface area contributed by atoms with Crippen LogP contribution in [0.25, 0.3) is 0 Å². The van der Waals surface area contributed by atoms with Gasteiger partial charge in [-0.05, 0) is 24.7 Å². The summed E-state index contributed by atoms with van der Waals surface area (Å²) in [5.41, 5.74) is 16.4. The molecule has 5 atom stereocenters. The molecule has 0 heterocycles. The number of nitrogens with zero attached hydrogens (tertiary/aromatic N) is 1. The standard InChI is InChI=1S/C18H36N6O4/c1-5-10(3)13(19)15(25)24-14(11(4)6-2)16(26)23-12(17(27)28)8-7-9-22-18(20)21/h10-14H,5-9,19H2,1-4H3,(H,23,26)(H,24,25)(H,27,28)(H4,20,21,22)/t10-,11-,12-,13-,14-/m0/s1. The number of guanidine groups is 1. The van der Waals surface area contributed by atoms with Crippen molar-refractivity contribution in [1.82, 2.24) is 10.6 Å². The van der Waals surface area contributed by atoms with E-state index in [1.165, 1.54) is 0 Å². The van der Waals surface area contributed by atoms with Crippen molar-refractivity contribution in [3.63, 3.8) is 0 Å². The number of nitrogens with two attached hydrogens (primary N) is 3. The molecule has 0 aromatic carbocycles. The molecule has 0 unspecified atom stereocenters. The zero-order chi connectivity index (χ0) is 21.9. The third-order valence-corrected chi connectivity index (χ3v) is 4.91. The average molecular weight is 401 g/mol. The Balaban J connectivity index is 5.08. The van der Waals surface area contributed by atoms with Crippen LogP contribution in [-0.2, 0) is 14.4 Å². The summed E-state index contributed by atoms with van der Waals surface area (Å²) in [7, 11) is 0. The topological polar surface area (TPSA) is 186 Å². The number of rotatable bonds is 13. The largest absolute Gasteiger partial charge is 0.480 e. The number of carboxylic acid groups (broad SMARTS) is 1. The third kappa shape index (κ3) is 9.03. The predicted molar refractivity (Wildman–Crippen MR) is 108 cm³/mol. The lowest BCUT2D eigenvalue weighted by Crippen LogP contribution is -2.57. The number of aliphatic carboxylic acids is 1. The van der Waals surface area contributed by atoms with Crippen LogP contribution >= 0.6 is 0 Å². The summed E-state index contributed by atoms with van der Waals surface area (Å²) in [5, 5.41) is 14.6. The molecule has 0 spiro atoms. The molecule has 0 bridgehead atoms. The van der Waals surface area contributed by atoms with Crippen LogP contribution in [0.1, 0.15) is 53.4 Å². The molecule has 0 fully saturated rings. The first kappa shape index (κ1) is 25.6. The average Bonchev–Trinajstić information content (AvgIpc) is 2.65. The number of aliphatic imine (C=N–C) groups is 1. The molecule has 0 saturated heterocycles. The Morgan fingerprint density at radius 2 is 1.57 bits per heavy atom. The Morgan fingerprint density at radius 1 is 1.00 bits per heavy atom. The van der Waals surface area contributed by atoms with Crippen molar-refractivity contribution in [3.8, 4) is 0 Å². The summed E-state index contributed by atoms with van der Waals surface area (Å²) in [6.45, 7) is 7.75. The lowest BCUT2D eigenvalue weighted by atomic mass is 9.95. The van der Waals surface area contributed by atoms with E-state index in [0.717, 1.165) is 6.42 Å². The fraction of sp³-hybridized carbons (Fsp3) is 0.778. The van der Waals surface area contributed by atoms with Crippen molar-refractivity contribution >= 4 is 23.7 Å². The highest BCUT2D eigenvalue weighted by Crippen LogP contribution is 2.11. The van der Waals surface area contributed by atoms with Gasteiger partial charge in [-0.1, -0.05) is 40.5 Å². The van der Waals surface area contributed by atoms with E-state index in [1.807, 2.05) is 27.7 Å². The first-order valence-electron chi connectivity index (χ1n) is 9.69. The lowest BCUT2D eigenvalue weighted by Gasteiger charge is -2.27. The van der Waals surface area contributed by atoms with Crippen LogP contribution in [-0.4, -0.2) is 53.5 Å². The van der Waals surface area contributed by atoms with Crippen LogP contribution in [0.4, 0.5) is 0 Å². The molecule has 162 valence electrons. The molecule has 0 aromatic rings. The molecular formula is C18H36N6O4. The summed E-state index contributed by atoms with van der Waals surface area (Å²) in [6, 6.07) is -2.71. The van der Waals surface area contributed by atoms with Gasteiger partial charge in [-0.15, -0.1) is 0 Å². The molecule has 2 amide bonds. The highest BCUT2D eigenvalue weighted by Gasteiger charge is 2.31. The van der Waals surface area contributed by atoms with Gasteiger partial charge in [0.25, 0.3) is 0 Å². The zero-order valence-corrected chi connectivity index (χ0v) is 17.3. The minimum Gasteiger partial charge on any atom is -0.480 e. The smallest absolute Gasteiger partial charge is 0.326 e. The minimum absolute atomic E-state index is 0.0389. The van der Waals surface area contributed by atoms with E-state index in [0.29, 0.717) is 12.8 Å². The molecule has 10 nitrogen and oxygen atoms in total. The summed E-state index contributed by atoms with van der Waals surface area (Å²) < 4.78 is 0. The van der Waals surface area contributed by atoms with E-state index in [-0.39, 0.29) is 30.8 Å². The normalized spacial score (nSPS) is 16.2. The van der Waals surface area contributed by atoms with Crippen LogP contribution in [0, 0.1) is 11.8 Å². The van der Waals surface area contributed by atoms with Crippen molar-refractivity contribution in [3.05, 3.63) is 0 Å². The second-order valence-corrected chi connectivity index (χ2v) is 7.13. The quantitative estimate of drug-likeness (QED) is 0.137. The van der Waals surface area contributed by atoms with Crippen LogP contribution in [0.5, 0.6) is 0 Å². The van der Waals surface area contributed by atoms with E-state index >= 15 is 0 Å². The van der Waals surface area contributed by atoms with Crippen LogP contribution in [0.2, 0.25) is 0 Å². The predicted octanol–water partition coefficient (Wildman–Crippen LogP) is -0.486. The number of hydrogen-bond donors (Lipinski definition) is 6. The van der Waals surface area contributed by atoms with E-state index in [9.17, 15) is 19.5 Å². The van der Waals surface area contributed by atoms with Gasteiger partial charge in [0, 0.05) is 6.54 Å². The number of carbonyl (C=O) groups is 3. The number of hydrogen-bond acceptors (Lipinski definition) is 5. The van der Waals surface area contributed by atoms with Gasteiger partial charge < -0.3 is 32.9 Å². The Morgan fingerprint density at radius 3 is 2.04 bits per heavy atom. The molecule has 0 aromatic heterocycles. The van der Waals surface area contributed by atoms with E-state index in [4.69, 9.17) is 17.2 Å². The summed E-state index contributed by atoms with van der Waals surface area (Å²) >= 11 is 0. The number of amides is 2. The molecule has 0 aliphatic carbocycles. The number of carboxylic acids is 1. The van der Waals surface area contributed by atoms with Gasteiger partial charge in [0.1, 0.15) is 12.1 Å². The van der Waals surface area contributed by atoms with Crippen LogP contribution in [0.3, 0.4) is 0 Å². The van der Waals surface area contributed by atoms with Gasteiger partial charge >= 0.3 is 5.97 Å². The lowest BCUT2D eigenvalue weighted by molar-refractivity contribution is -0.142. The Labute approximate surface area is 166 Å². The monoisotopic (exact) mass is 400 g/mol. The van der Waals surface area contributed by atoms with E-state index < -0.39 is 35.9 Å². The summed E-state index contributed by atoms with van der Waals surface area (Å²) in [5.74, 6) is -2.44. The fourth-order valence-corrected chi connectivity index (χ4v) is 2.49. The number of nitrogens with one attached hydrogen (secondary N) is 2. The second-order valence-electron chi connectivity index (χ2n) is 7.13. The van der Waals surface area contributed by atoms with Crippen molar-refractivity contribution in [1.29, 1.82) is 0 Å². The third-order valence-electron chi connectivity index (χ3n) is 4.91. The van der Waals surface area contributed by atoms with Crippen molar-refractivity contribution in [2.45, 2.75) is 71.5 Å². The number of carbonyl (C=O) groups excluding carboxylic acids is 2. The van der Waals surface area contributed by atoms with Gasteiger partial charge in [-0.2, -0.15) is 0 Å². The molecular weight excluding hydrogens is 364 g/mol. The van der Waals surface area contributed by atoms with Gasteiger partial charge in [-0.3, -0.25) is 14.6 Å². The highest BCUT2D eigenvalue weighted by molar-refractivity contribution is 5.92. The zero-order valence-electron chi connectivity index (χ0n) is 17.3. The molecule has 9 N–H and O–H groups in total. The first-order chi connectivity index (χ1) is 13.0. The minimum atomic E-state index is -1.16. The second kappa shape index (κ2) is 12.9. The SMILES string of the molecule is CC[C@H](C)[C@H](N)C(=O)N[C@H](C(=O)N[C@@H](CCCN=C(N)N)C(=O)O)[C@@H](C)CC. The maximum atomic E-state index is 12.7. The van der Waals surface area contributed by atoms with Gasteiger partial charge in [0.05, 0.1) is 6.04 Å². The Bertz CT molecular complexity index is 550. The van der Waals surface area contributed by atoms with Crippen molar-refractivity contribution in [2.75, 3.05) is 6.54 Å². The summed E-state index contributed by atoms with van der Waals surface area (Å²) in [6.07, 6.45) is 1.89. The molecule has 0 rings (SSSR count). The molecule has 0 aliphatic heterocycles. The van der Waals surface area contributed by atoms with E-state index in [2.05, 4.69) is 15.6 Å². The van der Waals surface area contributed by atoms with Crippen LogP contribution < -0.4 is 27.8 Å². The molecule has 0 radical (unpaired) electrons. The highest BCUT2D eigenvalue weighted by atomic mass is 16.4. The molecule has 0 saturated carbocycles. The summed E-state index contributed by atoms with van der Waals surface area (Å²) in [4.78, 5) is 40.4. The van der Waals surface area contributed by atoms with Crippen molar-refractivity contribution in [2.24, 2.45) is 34.0 Å². The molecule has 28 heavy (non-hydrogen) atoms. The first-order valence-corrected chi connectivity index (χ1v) is 9.69. The molecule has 0 aliphatic rings. The van der Waals surface area contributed by atoms with Gasteiger partial charge in [0.15, 0.2) is 5.96 Å². The van der Waals surface area contributed by atoms with Gasteiger partial charge in [-0.25, -0.2) is 4.79 Å². The Hall–Kier alpha value is -2.36. The Kier molecular flexibility index (Phi) is 11.8. The molecule has 10 heteroatoms.